The number of carbonyl (C=O) groups is 1. The number of aryl methyl sites for hydroxylation is 1. The van der Waals surface area contributed by atoms with Crippen molar-refractivity contribution in [2.24, 2.45) is 0 Å². The van der Waals surface area contributed by atoms with Gasteiger partial charge in [0.05, 0.1) is 11.4 Å². The molecule has 1 aliphatic rings. The van der Waals surface area contributed by atoms with Gasteiger partial charge in [-0.25, -0.2) is 8.42 Å². The molecule has 0 unspecified atom stereocenters. The second kappa shape index (κ2) is 6.60. The number of benzene rings is 1. The van der Waals surface area contributed by atoms with Crippen molar-refractivity contribution >= 4 is 21.6 Å². The van der Waals surface area contributed by atoms with Crippen LogP contribution in [-0.4, -0.2) is 31.6 Å². The number of nitrogens with one attached hydrogen (secondary N) is 1. The largest absolute Gasteiger partial charge is 0.348 e. The van der Waals surface area contributed by atoms with Crippen LogP contribution < -0.4 is 9.62 Å². The Bertz CT molecular complexity index is 848. The van der Waals surface area contributed by atoms with Crippen LogP contribution in [0.15, 0.2) is 42.6 Å². The van der Waals surface area contributed by atoms with Gasteiger partial charge in [0.25, 0.3) is 5.91 Å². The molecule has 126 valence electrons. The van der Waals surface area contributed by atoms with Crippen LogP contribution in [0.2, 0.25) is 0 Å². The van der Waals surface area contributed by atoms with E-state index in [1.807, 2.05) is 19.1 Å². The summed E-state index contributed by atoms with van der Waals surface area (Å²) in [5, 5.41) is 2.83. The predicted octanol–water partition coefficient (Wildman–Crippen LogP) is 1.86. The summed E-state index contributed by atoms with van der Waals surface area (Å²) in [4.78, 5) is 16.5. The molecule has 0 radical (unpaired) electrons. The van der Waals surface area contributed by atoms with Crippen molar-refractivity contribution in [2.75, 3.05) is 16.6 Å². The minimum absolute atomic E-state index is 0.157. The lowest BCUT2D eigenvalue weighted by Crippen LogP contribution is -2.26. The first kappa shape index (κ1) is 16.4. The van der Waals surface area contributed by atoms with E-state index in [0.29, 0.717) is 30.8 Å². The van der Waals surface area contributed by atoms with Crippen LogP contribution in [0.5, 0.6) is 0 Å². The molecule has 7 heteroatoms. The number of aromatic nitrogens is 1. The van der Waals surface area contributed by atoms with Gasteiger partial charge in [-0.05, 0) is 43.2 Å². The number of anilines is 1. The Morgan fingerprint density at radius 1 is 1.29 bits per heavy atom. The van der Waals surface area contributed by atoms with E-state index in [0.717, 1.165) is 11.3 Å². The van der Waals surface area contributed by atoms with Crippen LogP contribution in [0.1, 0.15) is 28.0 Å². The highest BCUT2D eigenvalue weighted by molar-refractivity contribution is 7.93. The Labute approximate surface area is 141 Å². The van der Waals surface area contributed by atoms with E-state index >= 15 is 0 Å². The molecule has 24 heavy (non-hydrogen) atoms. The number of sulfonamides is 1. The van der Waals surface area contributed by atoms with Crippen molar-refractivity contribution in [1.29, 1.82) is 0 Å². The van der Waals surface area contributed by atoms with E-state index in [-0.39, 0.29) is 11.7 Å². The zero-order valence-corrected chi connectivity index (χ0v) is 14.2. The summed E-state index contributed by atoms with van der Waals surface area (Å²) in [6.07, 6.45) is 2.34. The number of nitrogens with zero attached hydrogens (tertiary/aromatic N) is 2. The van der Waals surface area contributed by atoms with Gasteiger partial charge in [-0.15, -0.1) is 0 Å². The Morgan fingerprint density at radius 2 is 2.12 bits per heavy atom. The van der Waals surface area contributed by atoms with Crippen LogP contribution in [0.4, 0.5) is 5.69 Å². The summed E-state index contributed by atoms with van der Waals surface area (Å²) < 4.78 is 25.4. The van der Waals surface area contributed by atoms with E-state index < -0.39 is 10.0 Å². The first-order valence-corrected chi connectivity index (χ1v) is 9.37. The summed E-state index contributed by atoms with van der Waals surface area (Å²) in [7, 11) is -3.25. The van der Waals surface area contributed by atoms with Crippen molar-refractivity contribution in [2.45, 2.75) is 19.9 Å². The number of carbonyl (C=O) groups excluding carboxylic acids is 1. The molecule has 0 bridgehead atoms. The minimum Gasteiger partial charge on any atom is -0.348 e. The molecule has 6 nitrogen and oxygen atoms in total. The van der Waals surface area contributed by atoms with Crippen molar-refractivity contribution in [3.05, 3.63) is 59.4 Å². The van der Waals surface area contributed by atoms with Gasteiger partial charge < -0.3 is 5.32 Å². The maximum atomic E-state index is 12.3. The standard InChI is InChI=1S/C17H19N3O3S/c1-13-6-7-14(11-18-13)12-19-17(21)15-4-2-5-16(10-15)20-8-3-9-24(20,22)23/h2,4-7,10-11H,3,8-9,12H2,1H3,(H,19,21). The lowest BCUT2D eigenvalue weighted by molar-refractivity contribution is 0.0951. The van der Waals surface area contributed by atoms with Crippen LogP contribution in [0.3, 0.4) is 0 Å². The second-order valence-corrected chi connectivity index (χ2v) is 7.80. The molecule has 0 saturated carbocycles. The predicted molar refractivity (Wildman–Crippen MR) is 92.3 cm³/mol. The quantitative estimate of drug-likeness (QED) is 0.917. The Morgan fingerprint density at radius 3 is 2.79 bits per heavy atom. The molecule has 1 aromatic heterocycles. The minimum atomic E-state index is -3.25. The van der Waals surface area contributed by atoms with Gasteiger partial charge in [0.2, 0.25) is 10.0 Å². The van der Waals surface area contributed by atoms with Gasteiger partial charge in [-0.3, -0.25) is 14.1 Å². The normalized spacial score (nSPS) is 16.1. The van der Waals surface area contributed by atoms with Crippen molar-refractivity contribution < 1.29 is 13.2 Å². The molecular formula is C17H19N3O3S. The molecule has 1 fully saturated rings. The fraction of sp³-hybridized carbons (Fsp3) is 0.294. The van der Waals surface area contributed by atoms with Gasteiger partial charge in [-0.1, -0.05) is 12.1 Å². The molecule has 2 aromatic rings. The van der Waals surface area contributed by atoms with Crippen molar-refractivity contribution in [1.82, 2.24) is 10.3 Å². The molecular weight excluding hydrogens is 326 g/mol. The maximum absolute atomic E-state index is 12.3. The third-order valence-corrected chi connectivity index (χ3v) is 5.79. The average molecular weight is 345 g/mol. The van der Waals surface area contributed by atoms with Crippen LogP contribution >= 0.6 is 0 Å². The lowest BCUT2D eigenvalue weighted by atomic mass is 10.1. The highest BCUT2D eigenvalue weighted by atomic mass is 32.2. The second-order valence-electron chi connectivity index (χ2n) is 5.78. The summed E-state index contributed by atoms with van der Waals surface area (Å²) in [5.74, 6) is -0.0851. The van der Waals surface area contributed by atoms with Gasteiger partial charge in [0.15, 0.2) is 0 Å². The van der Waals surface area contributed by atoms with Gasteiger partial charge in [0, 0.05) is 30.5 Å². The first-order valence-electron chi connectivity index (χ1n) is 7.76. The molecule has 1 saturated heterocycles. The lowest BCUT2D eigenvalue weighted by Gasteiger charge is -2.17. The molecule has 1 amide bonds. The van der Waals surface area contributed by atoms with Crippen molar-refractivity contribution in [3.63, 3.8) is 0 Å². The molecule has 1 N–H and O–H groups in total. The summed E-state index contributed by atoms with van der Waals surface area (Å²) in [6.45, 7) is 2.74. The summed E-state index contributed by atoms with van der Waals surface area (Å²) in [6, 6.07) is 10.5. The monoisotopic (exact) mass is 345 g/mol. The fourth-order valence-corrected chi connectivity index (χ4v) is 4.18. The number of amides is 1. The number of hydrogen-bond acceptors (Lipinski definition) is 4. The number of pyridine rings is 1. The van der Waals surface area contributed by atoms with Gasteiger partial charge in [0.1, 0.15) is 0 Å². The van der Waals surface area contributed by atoms with E-state index in [1.54, 1.807) is 30.5 Å². The van der Waals surface area contributed by atoms with Crippen LogP contribution in [-0.2, 0) is 16.6 Å². The smallest absolute Gasteiger partial charge is 0.251 e. The highest BCUT2D eigenvalue weighted by Crippen LogP contribution is 2.24. The topological polar surface area (TPSA) is 79.4 Å². The molecule has 2 heterocycles. The Kier molecular flexibility index (Phi) is 4.53. The van der Waals surface area contributed by atoms with Crippen molar-refractivity contribution in [3.8, 4) is 0 Å². The number of rotatable bonds is 4. The summed E-state index contributed by atoms with van der Waals surface area (Å²) in [5.41, 5.74) is 2.81. The Hall–Kier alpha value is -2.41. The SMILES string of the molecule is Cc1ccc(CNC(=O)c2cccc(N3CCCS3(=O)=O)c2)cn1. The zero-order valence-electron chi connectivity index (χ0n) is 13.4. The first-order chi connectivity index (χ1) is 11.5. The fourth-order valence-electron chi connectivity index (χ4n) is 2.62. The van der Waals surface area contributed by atoms with E-state index in [2.05, 4.69) is 10.3 Å². The van der Waals surface area contributed by atoms with E-state index in [9.17, 15) is 13.2 Å². The number of hydrogen-bond donors (Lipinski definition) is 1. The Balaban J connectivity index is 1.71. The molecule has 3 rings (SSSR count). The van der Waals surface area contributed by atoms with Crippen LogP contribution in [0, 0.1) is 6.92 Å². The third-order valence-electron chi connectivity index (χ3n) is 3.92. The maximum Gasteiger partial charge on any atom is 0.251 e. The van der Waals surface area contributed by atoms with Gasteiger partial charge in [-0.2, -0.15) is 0 Å². The van der Waals surface area contributed by atoms with Crippen LogP contribution in [0.25, 0.3) is 0 Å². The molecule has 1 aromatic carbocycles. The molecule has 1 aliphatic heterocycles. The van der Waals surface area contributed by atoms with E-state index in [4.69, 9.17) is 0 Å². The molecule has 0 atom stereocenters. The summed E-state index contributed by atoms with van der Waals surface area (Å²) >= 11 is 0. The molecule has 0 aliphatic carbocycles. The molecule has 0 spiro atoms. The van der Waals surface area contributed by atoms with Gasteiger partial charge >= 0.3 is 0 Å². The average Bonchev–Trinajstić information content (AvgIpc) is 2.93. The van der Waals surface area contributed by atoms with E-state index in [1.165, 1.54) is 4.31 Å². The highest BCUT2D eigenvalue weighted by Gasteiger charge is 2.28. The third kappa shape index (κ3) is 3.56. The zero-order chi connectivity index (χ0) is 17.2.